The summed E-state index contributed by atoms with van der Waals surface area (Å²) in [6.45, 7) is 0. The Labute approximate surface area is 210 Å². The Morgan fingerprint density at radius 1 is 1.17 bits per heavy atom. The van der Waals surface area contributed by atoms with Crippen molar-refractivity contribution in [2.45, 2.75) is 69.7 Å². The minimum Gasteiger partial charge on any atom is -0.373 e. The molecule has 8 heteroatoms. The molecule has 186 valence electrons. The van der Waals surface area contributed by atoms with E-state index in [1.54, 1.807) is 0 Å². The zero-order chi connectivity index (χ0) is 24.5. The standard InChI is InChI=1S/C28H33N7O/c1-29-26-15-25(32-28(33-26)17-10-11-17)24(14-18-16-30-21-8-4-2-6-19(18)21)31-27(36)13-12-23-20-7-3-5-9-22(20)34-35-23/h2,4,6,8,15-17,24,30H,3,5,7,9-14H2,1H3,(H,31,36)(H,34,35)(H,29,32,33)/t24-/m1/s1. The third-order valence-electron chi connectivity index (χ3n) is 7.48. The minimum absolute atomic E-state index is 0.0185. The fourth-order valence-electron chi connectivity index (χ4n) is 5.32. The van der Waals surface area contributed by atoms with Crippen molar-refractivity contribution in [1.29, 1.82) is 0 Å². The van der Waals surface area contributed by atoms with Gasteiger partial charge < -0.3 is 15.6 Å². The van der Waals surface area contributed by atoms with Crippen LogP contribution in [-0.2, 0) is 30.5 Å². The molecule has 0 bridgehead atoms. The van der Waals surface area contributed by atoms with E-state index in [1.807, 2.05) is 31.4 Å². The number of anilines is 1. The summed E-state index contributed by atoms with van der Waals surface area (Å²) in [5.74, 6) is 2.11. The van der Waals surface area contributed by atoms with Crippen molar-refractivity contribution >= 4 is 22.6 Å². The number of aryl methyl sites for hydroxylation is 2. The molecule has 0 radical (unpaired) electrons. The number of carbonyl (C=O) groups is 1. The highest BCUT2D eigenvalue weighted by Crippen LogP contribution is 2.39. The van der Waals surface area contributed by atoms with Gasteiger partial charge >= 0.3 is 0 Å². The van der Waals surface area contributed by atoms with E-state index in [0.717, 1.165) is 59.8 Å². The van der Waals surface area contributed by atoms with Gasteiger partial charge in [-0.15, -0.1) is 0 Å². The summed E-state index contributed by atoms with van der Waals surface area (Å²) in [4.78, 5) is 26.2. The maximum absolute atomic E-state index is 13.3. The summed E-state index contributed by atoms with van der Waals surface area (Å²) in [6, 6.07) is 9.99. The number of nitrogens with one attached hydrogen (secondary N) is 4. The normalized spacial score (nSPS) is 16.0. The number of benzene rings is 1. The number of H-pyrrole nitrogens is 2. The predicted octanol–water partition coefficient (Wildman–Crippen LogP) is 4.51. The lowest BCUT2D eigenvalue weighted by Gasteiger charge is -2.20. The number of aromatic nitrogens is 5. The molecule has 1 fully saturated rings. The third kappa shape index (κ3) is 4.72. The van der Waals surface area contributed by atoms with E-state index in [1.165, 1.54) is 29.5 Å². The summed E-state index contributed by atoms with van der Waals surface area (Å²) in [7, 11) is 1.88. The second kappa shape index (κ2) is 9.76. The summed E-state index contributed by atoms with van der Waals surface area (Å²) < 4.78 is 0. The van der Waals surface area contributed by atoms with E-state index in [9.17, 15) is 4.79 Å². The Morgan fingerprint density at radius 2 is 2.03 bits per heavy atom. The molecule has 1 amide bonds. The SMILES string of the molecule is CNc1cc([C@@H](Cc2c[nH]c3ccccc23)NC(=O)CCc2n[nH]c3c2CCCC3)nc(C2CC2)n1. The van der Waals surface area contributed by atoms with Crippen LogP contribution in [0.3, 0.4) is 0 Å². The molecule has 0 spiro atoms. The van der Waals surface area contributed by atoms with Crippen molar-refractivity contribution in [2.75, 3.05) is 12.4 Å². The first-order valence-electron chi connectivity index (χ1n) is 13.1. The van der Waals surface area contributed by atoms with Gasteiger partial charge in [-0.1, -0.05) is 18.2 Å². The summed E-state index contributed by atoms with van der Waals surface area (Å²) in [5, 5.41) is 15.4. The average Bonchev–Trinajstić information content (AvgIpc) is 3.57. The van der Waals surface area contributed by atoms with Crippen molar-refractivity contribution in [2.24, 2.45) is 0 Å². The van der Waals surface area contributed by atoms with Crippen LogP contribution >= 0.6 is 0 Å². The van der Waals surface area contributed by atoms with E-state index in [2.05, 4.69) is 42.9 Å². The van der Waals surface area contributed by atoms with Crippen LogP contribution in [0.1, 0.15) is 78.1 Å². The van der Waals surface area contributed by atoms with E-state index in [0.29, 0.717) is 25.2 Å². The second-order valence-electron chi connectivity index (χ2n) is 10.1. The topological polar surface area (TPSA) is 111 Å². The molecule has 6 rings (SSSR count). The van der Waals surface area contributed by atoms with Crippen LogP contribution in [0, 0.1) is 0 Å². The average molecular weight is 484 g/mol. The third-order valence-corrected chi connectivity index (χ3v) is 7.48. The molecule has 3 aromatic heterocycles. The molecule has 0 unspecified atom stereocenters. The first kappa shape index (κ1) is 22.8. The molecular formula is C28H33N7O. The van der Waals surface area contributed by atoms with Crippen molar-refractivity contribution in [3.63, 3.8) is 0 Å². The maximum atomic E-state index is 13.3. The molecule has 8 nitrogen and oxygen atoms in total. The summed E-state index contributed by atoms with van der Waals surface area (Å²) in [6.07, 6.45) is 10.5. The van der Waals surface area contributed by atoms with Gasteiger partial charge in [0.2, 0.25) is 5.91 Å². The lowest BCUT2D eigenvalue weighted by Crippen LogP contribution is -2.31. The molecule has 0 saturated heterocycles. The van der Waals surface area contributed by atoms with Crippen molar-refractivity contribution in [1.82, 2.24) is 30.5 Å². The van der Waals surface area contributed by atoms with Gasteiger partial charge in [-0.2, -0.15) is 5.10 Å². The highest BCUT2D eigenvalue weighted by Gasteiger charge is 2.29. The first-order chi connectivity index (χ1) is 17.7. The van der Waals surface area contributed by atoms with Crippen LogP contribution in [0.25, 0.3) is 10.9 Å². The molecule has 1 atom stereocenters. The molecule has 1 saturated carbocycles. The molecule has 2 aliphatic rings. The lowest BCUT2D eigenvalue weighted by molar-refractivity contribution is -0.121. The van der Waals surface area contributed by atoms with Gasteiger partial charge in [-0.3, -0.25) is 9.89 Å². The van der Waals surface area contributed by atoms with E-state index < -0.39 is 0 Å². The predicted molar refractivity (Wildman–Crippen MR) is 140 cm³/mol. The maximum Gasteiger partial charge on any atom is 0.220 e. The van der Waals surface area contributed by atoms with Crippen LogP contribution in [0.5, 0.6) is 0 Å². The quantitative estimate of drug-likeness (QED) is 0.280. The number of amides is 1. The number of hydrogen-bond acceptors (Lipinski definition) is 5. The largest absolute Gasteiger partial charge is 0.373 e. The number of para-hydroxylation sites is 1. The van der Waals surface area contributed by atoms with Crippen LogP contribution in [0.4, 0.5) is 5.82 Å². The molecule has 0 aliphatic heterocycles. The number of fused-ring (bicyclic) bond motifs is 2. The monoisotopic (exact) mass is 483 g/mol. The Balaban J connectivity index is 1.25. The number of aromatic amines is 2. The van der Waals surface area contributed by atoms with Crippen molar-refractivity contribution < 1.29 is 4.79 Å². The fraction of sp³-hybridized carbons (Fsp3) is 0.429. The summed E-state index contributed by atoms with van der Waals surface area (Å²) >= 11 is 0. The van der Waals surface area contributed by atoms with Crippen LogP contribution in [0.2, 0.25) is 0 Å². The Hall–Kier alpha value is -3.68. The molecular weight excluding hydrogens is 450 g/mol. The minimum atomic E-state index is -0.252. The number of nitrogens with zero attached hydrogens (tertiary/aromatic N) is 3. The van der Waals surface area contributed by atoms with E-state index >= 15 is 0 Å². The second-order valence-corrected chi connectivity index (χ2v) is 10.1. The Kier molecular flexibility index (Phi) is 6.17. The zero-order valence-corrected chi connectivity index (χ0v) is 20.7. The molecule has 36 heavy (non-hydrogen) atoms. The van der Waals surface area contributed by atoms with E-state index in [4.69, 9.17) is 4.98 Å². The van der Waals surface area contributed by atoms with Gasteiger partial charge in [-0.05, 0) is 55.7 Å². The van der Waals surface area contributed by atoms with Crippen LogP contribution < -0.4 is 10.6 Å². The van der Waals surface area contributed by atoms with Gasteiger partial charge in [0.1, 0.15) is 11.6 Å². The molecule has 4 N–H and O–H groups in total. The smallest absolute Gasteiger partial charge is 0.220 e. The van der Waals surface area contributed by atoms with E-state index in [-0.39, 0.29) is 11.9 Å². The van der Waals surface area contributed by atoms with Gasteiger partial charge in [0.25, 0.3) is 0 Å². The Morgan fingerprint density at radius 3 is 2.89 bits per heavy atom. The number of carbonyl (C=O) groups excluding carboxylic acids is 1. The number of hydrogen-bond donors (Lipinski definition) is 4. The summed E-state index contributed by atoms with van der Waals surface area (Å²) in [5.41, 5.74) is 6.73. The van der Waals surface area contributed by atoms with Crippen LogP contribution in [-0.4, -0.2) is 38.1 Å². The zero-order valence-electron chi connectivity index (χ0n) is 20.7. The molecule has 3 heterocycles. The molecule has 1 aromatic carbocycles. The fourth-order valence-corrected chi connectivity index (χ4v) is 5.32. The van der Waals surface area contributed by atoms with Gasteiger partial charge in [0.05, 0.1) is 17.4 Å². The van der Waals surface area contributed by atoms with Gasteiger partial charge in [-0.25, -0.2) is 9.97 Å². The molecule has 4 aromatic rings. The Bertz CT molecular complexity index is 1380. The first-order valence-corrected chi connectivity index (χ1v) is 13.1. The van der Waals surface area contributed by atoms with Crippen molar-refractivity contribution in [3.8, 4) is 0 Å². The highest BCUT2D eigenvalue weighted by atomic mass is 16.1. The molecule has 2 aliphatic carbocycles. The lowest BCUT2D eigenvalue weighted by atomic mass is 9.94. The van der Waals surface area contributed by atoms with Crippen LogP contribution in [0.15, 0.2) is 36.5 Å². The van der Waals surface area contributed by atoms with Crippen molar-refractivity contribution in [3.05, 3.63) is 70.6 Å². The number of rotatable bonds is 9. The van der Waals surface area contributed by atoms with Gasteiger partial charge in [0.15, 0.2) is 0 Å². The highest BCUT2D eigenvalue weighted by molar-refractivity contribution is 5.83. The van der Waals surface area contributed by atoms with Gasteiger partial charge in [0, 0.05) is 61.1 Å².